The van der Waals surface area contributed by atoms with Crippen molar-refractivity contribution in [2.75, 3.05) is 25.5 Å². The molecule has 1 N–H and O–H groups in total. The molecule has 1 fully saturated rings. The summed E-state index contributed by atoms with van der Waals surface area (Å²) >= 11 is 0. The van der Waals surface area contributed by atoms with Crippen molar-refractivity contribution in [2.24, 2.45) is 5.92 Å². The van der Waals surface area contributed by atoms with Crippen molar-refractivity contribution in [1.29, 1.82) is 0 Å². The van der Waals surface area contributed by atoms with Gasteiger partial charge in [0, 0.05) is 43.9 Å². The molecule has 0 radical (unpaired) electrons. The molecule has 1 aromatic heterocycles. The highest BCUT2D eigenvalue weighted by atomic mass is 16.5. The van der Waals surface area contributed by atoms with Crippen molar-refractivity contribution in [3.8, 4) is 5.75 Å². The lowest BCUT2D eigenvalue weighted by Crippen LogP contribution is -2.40. The van der Waals surface area contributed by atoms with Gasteiger partial charge in [0.05, 0.1) is 24.3 Å². The third-order valence-electron chi connectivity index (χ3n) is 5.84. The minimum absolute atomic E-state index is 0.0173. The number of piperidine rings is 1. The Balaban J connectivity index is 1.37. The first-order chi connectivity index (χ1) is 15.4. The summed E-state index contributed by atoms with van der Waals surface area (Å²) < 4.78 is 6.86. The molecule has 1 saturated heterocycles. The number of carbonyl (C=O) groups excluding carboxylic acids is 2. The number of ether oxygens (including phenoxy) is 1. The van der Waals surface area contributed by atoms with Gasteiger partial charge < -0.3 is 15.0 Å². The summed E-state index contributed by atoms with van der Waals surface area (Å²) in [5, 5.41) is 3.27. The molecule has 8 nitrogen and oxygen atoms in total. The van der Waals surface area contributed by atoms with E-state index in [1.807, 2.05) is 4.90 Å². The molecule has 32 heavy (non-hydrogen) atoms. The van der Waals surface area contributed by atoms with Gasteiger partial charge >= 0.3 is 0 Å². The normalized spacial score (nSPS) is 14.4. The van der Waals surface area contributed by atoms with E-state index in [1.165, 1.54) is 6.92 Å². The first kappa shape index (κ1) is 21.5. The fourth-order valence-corrected chi connectivity index (χ4v) is 4.07. The molecule has 2 amide bonds. The lowest BCUT2D eigenvalue weighted by atomic mass is 9.96. The standard InChI is InChI=1S/C24H26N4O4/c1-16(29)26-19-5-3-18(4-6-19)23(30)27-11-9-17(10-12-27)14-28-15-25-22-13-20(32-2)7-8-21(22)24(28)31/h3-8,13,15,17H,9-12,14H2,1-2H3,(H,26,29). The zero-order chi connectivity index (χ0) is 22.7. The van der Waals surface area contributed by atoms with Crippen LogP contribution in [0.1, 0.15) is 30.1 Å². The molecule has 2 aromatic carbocycles. The molecule has 4 rings (SSSR count). The van der Waals surface area contributed by atoms with E-state index >= 15 is 0 Å². The van der Waals surface area contributed by atoms with Crippen LogP contribution in [0.5, 0.6) is 5.75 Å². The van der Waals surface area contributed by atoms with Crippen molar-refractivity contribution in [2.45, 2.75) is 26.3 Å². The maximum absolute atomic E-state index is 12.8. The Morgan fingerprint density at radius 3 is 2.50 bits per heavy atom. The number of hydrogen-bond acceptors (Lipinski definition) is 5. The summed E-state index contributed by atoms with van der Waals surface area (Å²) in [7, 11) is 1.58. The van der Waals surface area contributed by atoms with Crippen LogP contribution in [0.15, 0.2) is 53.6 Å². The predicted octanol–water partition coefficient (Wildman–Crippen LogP) is 2.92. The third kappa shape index (κ3) is 4.64. The monoisotopic (exact) mass is 434 g/mol. The highest BCUT2D eigenvalue weighted by Gasteiger charge is 2.24. The summed E-state index contributed by atoms with van der Waals surface area (Å²) in [4.78, 5) is 43.1. The molecule has 2 heterocycles. The highest BCUT2D eigenvalue weighted by molar-refractivity contribution is 5.95. The fourth-order valence-electron chi connectivity index (χ4n) is 4.07. The van der Waals surface area contributed by atoms with E-state index in [2.05, 4.69) is 10.3 Å². The predicted molar refractivity (Wildman–Crippen MR) is 122 cm³/mol. The average molecular weight is 434 g/mol. The Labute approximate surface area is 185 Å². The summed E-state index contributed by atoms with van der Waals surface area (Å²) in [6, 6.07) is 12.2. The zero-order valence-corrected chi connectivity index (χ0v) is 18.2. The molecular formula is C24H26N4O4. The van der Waals surface area contributed by atoms with Gasteiger partial charge in [-0.3, -0.25) is 19.0 Å². The van der Waals surface area contributed by atoms with Crippen molar-refractivity contribution in [3.63, 3.8) is 0 Å². The van der Waals surface area contributed by atoms with Crippen LogP contribution in [-0.2, 0) is 11.3 Å². The van der Waals surface area contributed by atoms with Gasteiger partial charge in [0.25, 0.3) is 11.5 Å². The second kappa shape index (κ2) is 9.21. The molecule has 0 aliphatic carbocycles. The first-order valence-corrected chi connectivity index (χ1v) is 10.6. The van der Waals surface area contributed by atoms with Gasteiger partial charge in [-0.2, -0.15) is 0 Å². The SMILES string of the molecule is COc1ccc2c(=O)n(CC3CCN(C(=O)c4ccc(NC(C)=O)cc4)CC3)cnc2c1. The number of nitrogens with one attached hydrogen (secondary N) is 1. The second-order valence-corrected chi connectivity index (χ2v) is 8.08. The minimum Gasteiger partial charge on any atom is -0.497 e. The first-order valence-electron chi connectivity index (χ1n) is 10.6. The van der Waals surface area contributed by atoms with Gasteiger partial charge in [-0.15, -0.1) is 0 Å². The van der Waals surface area contributed by atoms with Crippen LogP contribution in [0.3, 0.4) is 0 Å². The molecule has 0 saturated carbocycles. The smallest absolute Gasteiger partial charge is 0.261 e. The fraction of sp³-hybridized carbons (Fsp3) is 0.333. The van der Waals surface area contributed by atoms with E-state index in [1.54, 1.807) is 60.5 Å². The Morgan fingerprint density at radius 2 is 1.84 bits per heavy atom. The lowest BCUT2D eigenvalue weighted by Gasteiger charge is -2.32. The number of fused-ring (bicyclic) bond motifs is 1. The number of carbonyl (C=O) groups is 2. The Kier molecular flexibility index (Phi) is 6.20. The second-order valence-electron chi connectivity index (χ2n) is 8.08. The number of hydrogen-bond donors (Lipinski definition) is 1. The van der Waals surface area contributed by atoms with E-state index in [9.17, 15) is 14.4 Å². The van der Waals surface area contributed by atoms with Crippen molar-refractivity contribution < 1.29 is 14.3 Å². The van der Waals surface area contributed by atoms with Gasteiger partial charge in [0.1, 0.15) is 5.75 Å². The van der Waals surface area contributed by atoms with Crippen molar-refractivity contribution in [1.82, 2.24) is 14.5 Å². The van der Waals surface area contributed by atoms with Gasteiger partial charge in [-0.1, -0.05) is 0 Å². The number of likely N-dealkylation sites (tertiary alicyclic amines) is 1. The molecule has 3 aromatic rings. The molecule has 0 spiro atoms. The maximum atomic E-state index is 12.8. The minimum atomic E-state index is -0.147. The van der Waals surface area contributed by atoms with Crippen LogP contribution in [0.2, 0.25) is 0 Å². The number of nitrogens with zero attached hydrogens (tertiary/aromatic N) is 3. The molecular weight excluding hydrogens is 408 g/mol. The van der Waals surface area contributed by atoms with Crippen molar-refractivity contribution in [3.05, 3.63) is 64.7 Å². The molecule has 8 heteroatoms. The van der Waals surface area contributed by atoms with E-state index in [0.29, 0.717) is 53.5 Å². The van der Waals surface area contributed by atoms with Gasteiger partial charge in [-0.05, 0) is 55.2 Å². The van der Waals surface area contributed by atoms with E-state index in [0.717, 1.165) is 12.8 Å². The third-order valence-corrected chi connectivity index (χ3v) is 5.84. The van der Waals surface area contributed by atoms with Crippen LogP contribution >= 0.6 is 0 Å². The van der Waals surface area contributed by atoms with E-state index in [-0.39, 0.29) is 17.4 Å². The molecule has 1 aliphatic rings. The Hall–Kier alpha value is -3.68. The highest BCUT2D eigenvalue weighted by Crippen LogP contribution is 2.22. The molecule has 0 bridgehead atoms. The molecule has 1 aliphatic heterocycles. The number of aromatic nitrogens is 2. The van der Waals surface area contributed by atoms with Crippen LogP contribution in [-0.4, -0.2) is 46.5 Å². The molecule has 166 valence electrons. The number of amides is 2. The number of anilines is 1. The summed E-state index contributed by atoms with van der Waals surface area (Å²) in [6.45, 7) is 3.32. The zero-order valence-electron chi connectivity index (χ0n) is 18.2. The maximum Gasteiger partial charge on any atom is 0.261 e. The Bertz CT molecular complexity index is 1190. The quantitative estimate of drug-likeness (QED) is 0.667. The Morgan fingerprint density at radius 1 is 1.12 bits per heavy atom. The number of methoxy groups -OCH3 is 1. The van der Waals surface area contributed by atoms with Crippen molar-refractivity contribution >= 4 is 28.4 Å². The van der Waals surface area contributed by atoms with Crippen LogP contribution in [0.25, 0.3) is 10.9 Å². The lowest BCUT2D eigenvalue weighted by molar-refractivity contribution is -0.114. The van der Waals surface area contributed by atoms with Crippen LogP contribution in [0, 0.1) is 5.92 Å². The average Bonchev–Trinajstić information content (AvgIpc) is 2.81. The summed E-state index contributed by atoms with van der Waals surface area (Å²) in [6.07, 6.45) is 3.24. The van der Waals surface area contributed by atoms with Gasteiger partial charge in [0.2, 0.25) is 5.91 Å². The van der Waals surface area contributed by atoms with Crippen LogP contribution in [0.4, 0.5) is 5.69 Å². The summed E-state index contributed by atoms with van der Waals surface area (Å²) in [5.41, 5.74) is 1.83. The topological polar surface area (TPSA) is 93.5 Å². The van der Waals surface area contributed by atoms with Gasteiger partial charge in [-0.25, -0.2) is 4.98 Å². The van der Waals surface area contributed by atoms with Crippen LogP contribution < -0.4 is 15.6 Å². The number of benzene rings is 2. The van der Waals surface area contributed by atoms with E-state index < -0.39 is 0 Å². The summed E-state index contributed by atoms with van der Waals surface area (Å²) in [5.74, 6) is 0.809. The number of rotatable bonds is 5. The van der Waals surface area contributed by atoms with Gasteiger partial charge in [0.15, 0.2) is 0 Å². The molecule has 0 atom stereocenters. The largest absolute Gasteiger partial charge is 0.497 e. The van der Waals surface area contributed by atoms with E-state index in [4.69, 9.17) is 4.74 Å². The molecule has 0 unspecified atom stereocenters.